The van der Waals surface area contributed by atoms with Crippen molar-refractivity contribution in [3.8, 4) is 0 Å². The summed E-state index contributed by atoms with van der Waals surface area (Å²) >= 11 is 1.62. The van der Waals surface area contributed by atoms with E-state index < -0.39 is 0 Å². The Kier molecular flexibility index (Phi) is 7.58. The van der Waals surface area contributed by atoms with E-state index in [0.717, 1.165) is 54.7 Å². The van der Waals surface area contributed by atoms with Gasteiger partial charge in [-0.25, -0.2) is 4.39 Å². The minimum atomic E-state index is -0.297. The second-order valence-corrected chi connectivity index (χ2v) is 9.89. The van der Waals surface area contributed by atoms with Crippen LogP contribution in [0.2, 0.25) is 0 Å². The number of ether oxygens (including phenoxy) is 1. The fourth-order valence-corrected chi connectivity index (χ4v) is 5.15. The molecule has 0 spiro atoms. The van der Waals surface area contributed by atoms with Gasteiger partial charge in [0.15, 0.2) is 0 Å². The van der Waals surface area contributed by atoms with Crippen molar-refractivity contribution in [2.24, 2.45) is 5.92 Å². The third-order valence-electron chi connectivity index (χ3n) is 6.48. The summed E-state index contributed by atoms with van der Waals surface area (Å²) < 4.78 is 19.1. The molecule has 4 rings (SSSR count). The van der Waals surface area contributed by atoms with E-state index in [-0.39, 0.29) is 36.2 Å². The number of halogens is 1. The van der Waals surface area contributed by atoms with E-state index in [2.05, 4.69) is 0 Å². The molecular weight excluding hydrogens is 427 g/mol. The third kappa shape index (κ3) is 5.75. The minimum absolute atomic E-state index is 0.0110. The van der Waals surface area contributed by atoms with E-state index in [1.807, 2.05) is 18.4 Å². The van der Waals surface area contributed by atoms with Gasteiger partial charge in [0.1, 0.15) is 5.82 Å². The van der Waals surface area contributed by atoms with Crippen molar-refractivity contribution in [1.82, 2.24) is 9.80 Å². The van der Waals surface area contributed by atoms with Gasteiger partial charge in [0, 0.05) is 30.5 Å². The Hall–Kier alpha value is -2.25. The minimum Gasteiger partial charge on any atom is -0.376 e. The van der Waals surface area contributed by atoms with Crippen molar-refractivity contribution >= 4 is 23.2 Å². The highest BCUT2D eigenvalue weighted by Gasteiger charge is 2.33. The van der Waals surface area contributed by atoms with Crippen molar-refractivity contribution in [3.05, 3.63) is 57.5 Å². The van der Waals surface area contributed by atoms with Crippen LogP contribution in [0.4, 0.5) is 4.39 Å². The number of hydrogen-bond acceptors (Lipinski definition) is 4. The van der Waals surface area contributed by atoms with E-state index in [9.17, 15) is 14.0 Å². The first-order chi connectivity index (χ1) is 15.5. The van der Waals surface area contributed by atoms with Crippen LogP contribution in [0.1, 0.15) is 48.1 Å². The lowest BCUT2D eigenvalue weighted by Crippen LogP contribution is -2.48. The second-order valence-electron chi connectivity index (χ2n) is 8.88. The maximum atomic E-state index is 13.5. The molecule has 2 aliphatic rings. The van der Waals surface area contributed by atoms with Gasteiger partial charge in [-0.2, -0.15) is 0 Å². The Morgan fingerprint density at radius 2 is 1.84 bits per heavy atom. The molecule has 1 aliphatic heterocycles. The lowest BCUT2D eigenvalue weighted by atomic mass is 9.84. The van der Waals surface area contributed by atoms with Crippen molar-refractivity contribution in [2.45, 2.75) is 58.2 Å². The Bertz CT molecular complexity index is 920. The lowest BCUT2D eigenvalue weighted by molar-refractivity contribution is -0.146. The highest BCUT2D eigenvalue weighted by molar-refractivity contribution is 7.10. The quantitative estimate of drug-likeness (QED) is 0.555. The molecule has 172 valence electrons. The molecule has 2 aromatic rings. The first-order valence-corrected chi connectivity index (χ1v) is 12.3. The Morgan fingerprint density at radius 3 is 2.44 bits per heavy atom. The number of carbonyl (C=O) groups excluding carboxylic acids is 2. The molecule has 7 heteroatoms. The van der Waals surface area contributed by atoms with Gasteiger partial charge in [0.2, 0.25) is 11.8 Å². The number of rotatable bonds is 9. The fourth-order valence-electron chi connectivity index (χ4n) is 4.23. The average Bonchev–Trinajstić information content (AvgIpc) is 3.39. The maximum absolute atomic E-state index is 13.5. The van der Waals surface area contributed by atoms with Crippen LogP contribution in [0.15, 0.2) is 35.7 Å². The molecule has 0 N–H and O–H groups in total. The van der Waals surface area contributed by atoms with Gasteiger partial charge >= 0.3 is 0 Å². The molecular formula is C25H31FN2O3S. The van der Waals surface area contributed by atoms with Gasteiger partial charge in [-0.3, -0.25) is 9.59 Å². The van der Waals surface area contributed by atoms with Crippen LogP contribution < -0.4 is 0 Å². The van der Waals surface area contributed by atoms with Crippen LogP contribution in [-0.2, 0) is 27.4 Å². The highest BCUT2D eigenvalue weighted by Crippen LogP contribution is 2.29. The number of thiophene rings is 1. The van der Waals surface area contributed by atoms with E-state index in [0.29, 0.717) is 19.6 Å². The normalized spacial score (nSPS) is 18.4. The van der Waals surface area contributed by atoms with Gasteiger partial charge in [-0.1, -0.05) is 18.6 Å². The molecule has 2 fully saturated rings. The standard InChI is InChI=1S/C25H31FN2O3S/c1-18-11-13-32-23(18)16-27(14-19-7-9-21(26)10-8-19)24(29)17-28(15-22-6-3-12-31-22)25(30)20-4-2-5-20/h7-11,13,20,22H,2-6,12,14-17H2,1H3. The molecule has 1 saturated carbocycles. The van der Waals surface area contributed by atoms with Crippen LogP contribution in [0.3, 0.4) is 0 Å². The zero-order valence-corrected chi connectivity index (χ0v) is 19.4. The van der Waals surface area contributed by atoms with Crippen LogP contribution in [0, 0.1) is 18.7 Å². The molecule has 1 atom stereocenters. The molecule has 1 aliphatic carbocycles. The van der Waals surface area contributed by atoms with Gasteiger partial charge in [-0.15, -0.1) is 11.3 Å². The summed E-state index contributed by atoms with van der Waals surface area (Å²) in [6.07, 6.45) is 4.82. The Balaban J connectivity index is 1.50. The second kappa shape index (κ2) is 10.6. The molecule has 1 unspecified atom stereocenters. The summed E-state index contributed by atoms with van der Waals surface area (Å²) in [4.78, 5) is 31.2. The molecule has 2 heterocycles. The largest absolute Gasteiger partial charge is 0.376 e. The summed E-state index contributed by atoms with van der Waals surface area (Å²) in [7, 11) is 0. The first-order valence-electron chi connectivity index (χ1n) is 11.4. The summed E-state index contributed by atoms with van der Waals surface area (Å²) in [6, 6.07) is 8.29. The van der Waals surface area contributed by atoms with E-state index in [1.165, 1.54) is 12.1 Å². The number of carbonyl (C=O) groups is 2. The molecule has 1 aromatic heterocycles. The van der Waals surface area contributed by atoms with Crippen LogP contribution >= 0.6 is 11.3 Å². The molecule has 32 heavy (non-hydrogen) atoms. The highest BCUT2D eigenvalue weighted by atomic mass is 32.1. The average molecular weight is 459 g/mol. The number of benzene rings is 1. The smallest absolute Gasteiger partial charge is 0.242 e. The van der Waals surface area contributed by atoms with Crippen molar-refractivity contribution in [2.75, 3.05) is 19.7 Å². The van der Waals surface area contributed by atoms with Crippen molar-refractivity contribution in [3.63, 3.8) is 0 Å². The fraction of sp³-hybridized carbons (Fsp3) is 0.520. The Labute approximate surface area is 193 Å². The van der Waals surface area contributed by atoms with Crippen LogP contribution in [-0.4, -0.2) is 47.4 Å². The zero-order valence-electron chi connectivity index (χ0n) is 18.6. The summed E-state index contributed by atoms with van der Waals surface area (Å²) in [5.74, 6) is -0.272. The van der Waals surface area contributed by atoms with Gasteiger partial charge < -0.3 is 14.5 Å². The predicted molar refractivity (Wildman–Crippen MR) is 123 cm³/mol. The third-order valence-corrected chi connectivity index (χ3v) is 7.49. The molecule has 1 aromatic carbocycles. The molecule has 2 amide bonds. The molecule has 0 radical (unpaired) electrons. The van der Waals surface area contributed by atoms with Crippen LogP contribution in [0.5, 0.6) is 0 Å². The predicted octanol–water partition coefficient (Wildman–Crippen LogP) is 4.53. The first kappa shape index (κ1) is 22.9. The molecule has 5 nitrogen and oxygen atoms in total. The SMILES string of the molecule is Cc1ccsc1CN(Cc1ccc(F)cc1)C(=O)CN(CC1CCCO1)C(=O)C1CCC1. The summed E-state index contributed by atoms with van der Waals surface area (Å²) in [5.41, 5.74) is 2.01. The number of amides is 2. The van der Waals surface area contributed by atoms with E-state index in [4.69, 9.17) is 4.74 Å². The molecule has 1 saturated heterocycles. The van der Waals surface area contributed by atoms with Crippen molar-refractivity contribution < 1.29 is 18.7 Å². The van der Waals surface area contributed by atoms with E-state index in [1.54, 1.807) is 33.3 Å². The topological polar surface area (TPSA) is 49.9 Å². The van der Waals surface area contributed by atoms with Gasteiger partial charge in [-0.05, 0) is 67.3 Å². The molecule has 0 bridgehead atoms. The lowest BCUT2D eigenvalue weighted by Gasteiger charge is -2.34. The van der Waals surface area contributed by atoms with Crippen LogP contribution in [0.25, 0.3) is 0 Å². The van der Waals surface area contributed by atoms with Crippen molar-refractivity contribution in [1.29, 1.82) is 0 Å². The maximum Gasteiger partial charge on any atom is 0.242 e. The Morgan fingerprint density at radius 1 is 1.06 bits per heavy atom. The number of nitrogens with zero attached hydrogens (tertiary/aromatic N) is 2. The summed E-state index contributed by atoms with van der Waals surface area (Å²) in [6.45, 7) is 4.14. The summed E-state index contributed by atoms with van der Waals surface area (Å²) in [5, 5.41) is 2.02. The number of aryl methyl sites for hydroxylation is 1. The van der Waals surface area contributed by atoms with Gasteiger partial charge in [0.05, 0.1) is 19.2 Å². The van der Waals surface area contributed by atoms with Gasteiger partial charge in [0.25, 0.3) is 0 Å². The van der Waals surface area contributed by atoms with E-state index >= 15 is 0 Å². The monoisotopic (exact) mass is 458 g/mol. The number of hydrogen-bond donors (Lipinski definition) is 0. The zero-order chi connectivity index (χ0) is 22.5.